The second-order valence-electron chi connectivity index (χ2n) is 7.72. The first kappa shape index (κ1) is 22.9. The van der Waals surface area contributed by atoms with E-state index in [1.54, 1.807) is 0 Å². The summed E-state index contributed by atoms with van der Waals surface area (Å²) in [6.07, 6.45) is 3.11. The Morgan fingerprint density at radius 2 is 1.72 bits per heavy atom. The third-order valence-corrected chi connectivity index (χ3v) is 5.17. The van der Waals surface area contributed by atoms with Crippen molar-refractivity contribution < 1.29 is 29.5 Å². The SMILES string of the molecule is C[NH+](CC(=O)Nc1c2c(nc3ccccc13)CCC2)Cc1ccccc1.O=C([O-])C(=O)O. The fraction of sp³-hybridized carbons (Fsp3) is 0.250. The van der Waals surface area contributed by atoms with Gasteiger partial charge in [0.25, 0.3) is 5.91 Å². The zero-order chi connectivity index (χ0) is 23.1. The Balaban J connectivity index is 0.000000427. The van der Waals surface area contributed by atoms with Crippen molar-refractivity contribution in [3.05, 3.63) is 71.4 Å². The number of quaternary nitrogens is 1. The van der Waals surface area contributed by atoms with E-state index in [-0.39, 0.29) is 5.91 Å². The van der Waals surface area contributed by atoms with Crippen molar-refractivity contribution in [2.75, 3.05) is 18.9 Å². The van der Waals surface area contributed by atoms with Gasteiger partial charge in [-0.15, -0.1) is 0 Å². The molecule has 32 heavy (non-hydrogen) atoms. The van der Waals surface area contributed by atoms with Crippen LogP contribution in [0.4, 0.5) is 5.69 Å². The molecule has 0 spiro atoms. The molecule has 0 saturated heterocycles. The molecule has 0 radical (unpaired) electrons. The van der Waals surface area contributed by atoms with Gasteiger partial charge in [0, 0.05) is 16.6 Å². The largest absolute Gasteiger partial charge is 0.539 e. The summed E-state index contributed by atoms with van der Waals surface area (Å²) in [5.74, 6) is -3.95. The van der Waals surface area contributed by atoms with E-state index < -0.39 is 11.9 Å². The van der Waals surface area contributed by atoms with E-state index in [1.165, 1.54) is 16.0 Å². The lowest BCUT2D eigenvalue weighted by molar-refractivity contribution is -0.885. The number of nitrogens with zero attached hydrogens (tertiary/aromatic N) is 1. The first-order valence-electron chi connectivity index (χ1n) is 10.3. The van der Waals surface area contributed by atoms with Gasteiger partial charge in [0.2, 0.25) is 0 Å². The minimum Gasteiger partial charge on any atom is -0.539 e. The number of aliphatic carboxylic acids is 2. The first-order valence-corrected chi connectivity index (χ1v) is 10.3. The number of nitrogens with one attached hydrogen (secondary N) is 2. The molecule has 8 nitrogen and oxygen atoms in total. The lowest BCUT2D eigenvalue weighted by Crippen LogP contribution is -3.08. The first-order chi connectivity index (χ1) is 15.3. The number of carboxylic acids is 2. The minimum atomic E-state index is -2.07. The molecule has 1 unspecified atom stereocenters. The highest BCUT2D eigenvalue weighted by Gasteiger charge is 2.21. The molecule has 1 heterocycles. The Labute approximate surface area is 185 Å². The van der Waals surface area contributed by atoms with Crippen LogP contribution in [0.2, 0.25) is 0 Å². The number of aryl methyl sites for hydroxylation is 1. The quantitative estimate of drug-likeness (QED) is 0.492. The fourth-order valence-electron chi connectivity index (χ4n) is 3.82. The number of para-hydroxylation sites is 1. The van der Waals surface area contributed by atoms with Crippen LogP contribution in [0.25, 0.3) is 10.9 Å². The number of anilines is 1. The minimum absolute atomic E-state index is 0.0592. The molecule has 1 atom stereocenters. The number of fused-ring (bicyclic) bond motifs is 2. The number of hydrogen-bond acceptors (Lipinski definition) is 5. The standard InChI is InChI=1S/C22H23N3O.C2H2O4/c1-25(14-16-8-3-2-4-9-16)15-21(26)24-22-17-10-5-6-12-19(17)23-20-13-7-11-18(20)22;3-1(4)2(5)6/h2-6,8-10,12H,7,11,13-15H2,1H3,(H,23,24,26);(H,3,4)(H,5,6). The third kappa shape index (κ3) is 5.89. The van der Waals surface area contributed by atoms with E-state index >= 15 is 0 Å². The zero-order valence-corrected chi connectivity index (χ0v) is 17.8. The maximum atomic E-state index is 12.7. The summed E-state index contributed by atoms with van der Waals surface area (Å²) in [7, 11) is 2.06. The normalized spacial score (nSPS) is 12.9. The lowest BCUT2D eigenvalue weighted by atomic mass is 10.1. The number of amides is 1. The monoisotopic (exact) mass is 435 g/mol. The average molecular weight is 435 g/mol. The zero-order valence-electron chi connectivity index (χ0n) is 17.8. The van der Waals surface area contributed by atoms with Crippen LogP contribution < -0.4 is 15.3 Å². The molecular formula is C24H25N3O5. The van der Waals surface area contributed by atoms with Crippen molar-refractivity contribution >= 4 is 34.4 Å². The molecule has 2 aromatic carbocycles. The summed E-state index contributed by atoms with van der Waals surface area (Å²) in [5, 5.41) is 20.6. The van der Waals surface area contributed by atoms with Gasteiger partial charge in [-0.25, -0.2) is 4.79 Å². The summed E-state index contributed by atoms with van der Waals surface area (Å²) in [6.45, 7) is 1.28. The van der Waals surface area contributed by atoms with Gasteiger partial charge in [-0.2, -0.15) is 0 Å². The van der Waals surface area contributed by atoms with Gasteiger partial charge in [0.1, 0.15) is 6.54 Å². The van der Waals surface area contributed by atoms with Gasteiger partial charge < -0.3 is 25.2 Å². The van der Waals surface area contributed by atoms with Crippen molar-refractivity contribution in [2.24, 2.45) is 0 Å². The second kappa shape index (κ2) is 10.5. The Morgan fingerprint density at radius 3 is 2.41 bits per heavy atom. The molecule has 0 bridgehead atoms. The van der Waals surface area contributed by atoms with Crippen LogP contribution in [0, 0.1) is 0 Å². The lowest BCUT2D eigenvalue weighted by Gasteiger charge is -2.16. The number of rotatable bonds is 5. The van der Waals surface area contributed by atoms with Crippen LogP contribution in [0.1, 0.15) is 23.2 Å². The molecule has 1 aromatic heterocycles. The van der Waals surface area contributed by atoms with Crippen LogP contribution in [0.3, 0.4) is 0 Å². The number of likely N-dealkylation sites (N-methyl/N-ethyl adjacent to an activating group) is 1. The molecule has 4 rings (SSSR count). The number of carbonyl (C=O) groups is 3. The highest BCUT2D eigenvalue weighted by atomic mass is 16.4. The summed E-state index contributed by atoms with van der Waals surface area (Å²) in [6, 6.07) is 18.4. The number of hydrogen-bond donors (Lipinski definition) is 3. The summed E-state index contributed by atoms with van der Waals surface area (Å²) in [4.78, 5) is 36.7. The molecule has 1 aliphatic carbocycles. The van der Waals surface area contributed by atoms with Gasteiger partial charge >= 0.3 is 5.97 Å². The average Bonchev–Trinajstić information content (AvgIpc) is 3.23. The molecule has 1 aliphatic rings. The highest BCUT2D eigenvalue weighted by molar-refractivity contribution is 6.26. The van der Waals surface area contributed by atoms with E-state index in [1.807, 2.05) is 36.4 Å². The van der Waals surface area contributed by atoms with E-state index in [2.05, 4.69) is 30.6 Å². The number of aromatic nitrogens is 1. The maximum Gasteiger partial charge on any atom is 0.351 e. The molecule has 0 aliphatic heterocycles. The van der Waals surface area contributed by atoms with Gasteiger partial charge in [-0.3, -0.25) is 9.78 Å². The van der Waals surface area contributed by atoms with Crippen LogP contribution in [0.5, 0.6) is 0 Å². The fourth-order valence-corrected chi connectivity index (χ4v) is 3.82. The molecule has 166 valence electrons. The topological polar surface area (TPSA) is 124 Å². The van der Waals surface area contributed by atoms with Gasteiger partial charge in [-0.05, 0) is 30.9 Å². The molecule has 0 saturated carbocycles. The van der Waals surface area contributed by atoms with Crippen LogP contribution >= 0.6 is 0 Å². The van der Waals surface area contributed by atoms with Gasteiger partial charge in [-0.1, -0.05) is 48.5 Å². The molecule has 3 N–H and O–H groups in total. The van der Waals surface area contributed by atoms with Crippen molar-refractivity contribution in [2.45, 2.75) is 25.8 Å². The van der Waals surface area contributed by atoms with Crippen molar-refractivity contribution in [3.63, 3.8) is 0 Å². The van der Waals surface area contributed by atoms with E-state index in [9.17, 15) is 4.79 Å². The summed E-state index contributed by atoms with van der Waals surface area (Å²) >= 11 is 0. The predicted molar refractivity (Wildman–Crippen MR) is 117 cm³/mol. The maximum absolute atomic E-state index is 12.7. The summed E-state index contributed by atoms with van der Waals surface area (Å²) < 4.78 is 0. The highest BCUT2D eigenvalue weighted by Crippen LogP contribution is 2.33. The third-order valence-electron chi connectivity index (χ3n) is 5.17. The van der Waals surface area contributed by atoms with Gasteiger partial charge in [0.05, 0.1) is 18.3 Å². The van der Waals surface area contributed by atoms with E-state index in [0.717, 1.165) is 48.1 Å². The molecule has 0 fully saturated rings. The van der Waals surface area contributed by atoms with Crippen molar-refractivity contribution in [1.29, 1.82) is 0 Å². The van der Waals surface area contributed by atoms with Gasteiger partial charge in [0.15, 0.2) is 12.5 Å². The predicted octanol–water partition coefficient (Wildman–Crippen LogP) is 0.198. The van der Waals surface area contributed by atoms with Crippen molar-refractivity contribution in [1.82, 2.24) is 4.98 Å². The van der Waals surface area contributed by atoms with Crippen molar-refractivity contribution in [3.8, 4) is 0 Å². The smallest absolute Gasteiger partial charge is 0.351 e. The summed E-state index contributed by atoms with van der Waals surface area (Å²) in [5.41, 5.74) is 5.55. The van der Waals surface area contributed by atoms with Crippen LogP contribution in [-0.2, 0) is 33.8 Å². The number of pyridine rings is 1. The number of carbonyl (C=O) groups excluding carboxylic acids is 2. The molecule has 1 amide bonds. The Bertz CT molecular complexity index is 1120. The van der Waals surface area contributed by atoms with E-state index in [0.29, 0.717) is 6.54 Å². The van der Waals surface area contributed by atoms with Crippen LogP contribution in [-0.4, -0.2) is 41.5 Å². The Morgan fingerprint density at radius 1 is 1.06 bits per heavy atom. The molecule has 3 aromatic rings. The molecule has 8 heteroatoms. The Hall–Kier alpha value is -3.78. The Kier molecular flexibility index (Phi) is 7.51. The van der Waals surface area contributed by atoms with E-state index in [4.69, 9.17) is 24.8 Å². The number of carboxylic acid groups (broad SMARTS) is 2. The van der Waals surface area contributed by atoms with Crippen LogP contribution in [0.15, 0.2) is 54.6 Å². The number of benzene rings is 2. The second-order valence-corrected chi connectivity index (χ2v) is 7.72. The molecular weight excluding hydrogens is 410 g/mol.